The van der Waals surface area contributed by atoms with Crippen LogP contribution in [-0.4, -0.2) is 33.7 Å². The number of ether oxygens (including phenoxy) is 1. The molecule has 0 spiro atoms. The maximum absolute atomic E-state index is 12.7. The lowest BCUT2D eigenvalue weighted by Crippen LogP contribution is -2.53. The summed E-state index contributed by atoms with van der Waals surface area (Å²) in [6.07, 6.45) is 1.79. The number of hydrogen-bond acceptors (Lipinski definition) is 3. The number of nitrogens with zero attached hydrogens (tertiary/aromatic N) is 2. The summed E-state index contributed by atoms with van der Waals surface area (Å²) in [5.74, 6) is 0. The van der Waals surface area contributed by atoms with Crippen LogP contribution < -0.4 is 0 Å². The van der Waals surface area contributed by atoms with Gasteiger partial charge < -0.3 is 4.74 Å². The summed E-state index contributed by atoms with van der Waals surface area (Å²) in [4.78, 5) is 17.9. The molecule has 0 aromatic carbocycles. The van der Waals surface area contributed by atoms with Gasteiger partial charge in [-0.2, -0.15) is 13.2 Å². The van der Waals surface area contributed by atoms with Crippen molar-refractivity contribution < 1.29 is 22.7 Å². The van der Waals surface area contributed by atoms with Crippen LogP contribution in [0.2, 0.25) is 0 Å². The van der Waals surface area contributed by atoms with E-state index in [1.807, 2.05) is 26.8 Å². The van der Waals surface area contributed by atoms with Crippen LogP contribution in [0.15, 0.2) is 24.4 Å². The van der Waals surface area contributed by atoms with E-state index in [9.17, 15) is 18.0 Å². The van der Waals surface area contributed by atoms with E-state index < -0.39 is 17.5 Å². The van der Waals surface area contributed by atoms with E-state index in [1.165, 1.54) is 12.3 Å². The molecular weight excluding hydrogens is 345 g/mol. The molecule has 1 amide bonds. The predicted octanol–water partition coefficient (Wildman–Crippen LogP) is 5.05. The summed E-state index contributed by atoms with van der Waals surface area (Å²) in [6, 6.07) is 2.38. The standard InChI is InChI=1S/C19H23F3N2O2/c1-18(2,3)26-17(25)24-14-5-4-6-15(24)10-13(9-14)12-7-8-16(23-11-12)19(20,21)22/h7-9,11,14-15H,4-6,10H2,1-3H3. The van der Waals surface area contributed by atoms with Crippen molar-refractivity contribution in [2.75, 3.05) is 0 Å². The highest BCUT2D eigenvalue weighted by Crippen LogP contribution is 2.38. The van der Waals surface area contributed by atoms with Crippen molar-refractivity contribution in [2.24, 2.45) is 0 Å². The third kappa shape index (κ3) is 4.02. The Hall–Kier alpha value is -2.05. The normalized spacial score (nSPS) is 23.5. The minimum atomic E-state index is -4.44. The first-order valence-electron chi connectivity index (χ1n) is 8.80. The first-order chi connectivity index (χ1) is 12.0. The molecule has 7 heteroatoms. The lowest BCUT2D eigenvalue weighted by atomic mass is 9.83. The van der Waals surface area contributed by atoms with Gasteiger partial charge >= 0.3 is 12.3 Å². The van der Waals surface area contributed by atoms with E-state index in [4.69, 9.17) is 4.74 Å². The number of hydrogen-bond donors (Lipinski definition) is 0. The maximum atomic E-state index is 12.7. The SMILES string of the molecule is CC(C)(C)OC(=O)N1C2C=C(c3ccc(C(F)(F)F)nc3)CC1CCC2. The Morgan fingerprint density at radius 3 is 2.50 bits per heavy atom. The molecule has 1 aromatic rings. The second-order valence-corrected chi connectivity index (χ2v) is 7.87. The van der Waals surface area contributed by atoms with E-state index in [2.05, 4.69) is 4.98 Å². The number of carbonyl (C=O) groups excluding carboxylic acids is 1. The third-order valence-electron chi connectivity index (χ3n) is 4.67. The Bertz CT molecular complexity index is 705. The fourth-order valence-electron chi connectivity index (χ4n) is 3.59. The Kier molecular flexibility index (Phi) is 4.75. The molecular formula is C19H23F3N2O2. The van der Waals surface area contributed by atoms with Gasteiger partial charge in [-0.05, 0) is 63.7 Å². The Morgan fingerprint density at radius 1 is 1.23 bits per heavy atom. The quantitative estimate of drug-likeness (QED) is 0.697. The summed E-state index contributed by atoms with van der Waals surface area (Å²) in [6.45, 7) is 5.50. The van der Waals surface area contributed by atoms with Crippen molar-refractivity contribution in [1.82, 2.24) is 9.88 Å². The Balaban J connectivity index is 1.83. The monoisotopic (exact) mass is 368 g/mol. The maximum Gasteiger partial charge on any atom is 0.433 e. The van der Waals surface area contributed by atoms with Crippen LogP contribution in [0.3, 0.4) is 0 Å². The van der Waals surface area contributed by atoms with Gasteiger partial charge in [0.2, 0.25) is 0 Å². The number of amides is 1. The lowest BCUT2D eigenvalue weighted by molar-refractivity contribution is -0.141. The summed E-state index contributed by atoms with van der Waals surface area (Å²) >= 11 is 0. The number of halogens is 3. The summed E-state index contributed by atoms with van der Waals surface area (Å²) in [5.41, 5.74) is 0.167. The molecule has 2 aliphatic heterocycles. The molecule has 2 aliphatic rings. The summed E-state index contributed by atoms with van der Waals surface area (Å²) < 4.78 is 43.6. The molecule has 2 unspecified atom stereocenters. The van der Waals surface area contributed by atoms with Crippen LogP contribution in [-0.2, 0) is 10.9 Å². The average Bonchev–Trinajstić information content (AvgIpc) is 2.51. The second-order valence-electron chi connectivity index (χ2n) is 7.87. The van der Waals surface area contributed by atoms with Gasteiger partial charge in [0.1, 0.15) is 11.3 Å². The van der Waals surface area contributed by atoms with Crippen molar-refractivity contribution in [2.45, 2.75) is 70.3 Å². The number of alkyl halides is 3. The molecule has 1 fully saturated rings. The zero-order chi connectivity index (χ0) is 19.1. The highest BCUT2D eigenvalue weighted by atomic mass is 19.4. The highest BCUT2D eigenvalue weighted by Gasteiger charge is 2.39. The van der Waals surface area contributed by atoms with Crippen LogP contribution >= 0.6 is 0 Å². The van der Waals surface area contributed by atoms with Gasteiger partial charge in [0.15, 0.2) is 0 Å². The third-order valence-corrected chi connectivity index (χ3v) is 4.67. The fraction of sp³-hybridized carbons (Fsp3) is 0.579. The molecule has 26 heavy (non-hydrogen) atoms. The molecule has 142 valence electrons. The van der Waals surface area contributed by atoms with E-state index in [1.54, 1.807) is 4.90 Å². The van der Waals surface area contributed by atoms with Crippen LogP contribution in [0.4, 0.5) is 18.0 Å². The topological polar surface area (TPSA) is 42.4 Å². The zero-order valence-corrected chi connectivity index (χ0v) is 15.1. The van der Waals surface area contributed by atoms with Crippen molar-refractivity contribution in [3.8, 4) is 0 Å². The molecule has 3 heterocycles. The van der Waals surface area contributed by atoms with Crippen LogP contribution in [0.5, 0.6) is 0 Å². The summed E-state index contributed by atoms with van der Waals surface area (Å²) in [5, 5.41) is 0. The highest BCUT2D eigenvalue weighted by molar-refractivity contribution is 5.74. The largest absolute Gasteiger partial charge is 0.444 e. The van der Waals surface area contributed by atoms with Gasteiger partial charge in [-0.3, -0.25) is 9.88 Å². The van der Waals surface area contributed by atoms with E-state index in [-0.39, 0.29) is 18.2 Å². The van der Waals surface area contributed by atoms with Crippen molar-refractivity contribution in [3.05, 3.63) is 35.7 Å². The lowest BCUT2D eigenvalue weighted by Gasteiger charge is -2.45. The minimum absolute atomic E-state index is 0.00546. The van der Waals surface area contributed by atoms with Gasteiger partial charge in [-0.15, -0.1) is 0 Å². The second kappa shape index (κ2) is 6.59. The zero-order valence-electron chi connectivity index (χ0n) is 15.1. The molecule has 0 aliphatic carbocycles. The molecule has 2 atom stereocenters. The van der Waals surface area contributed by atoms with Gasteiger partial charge in [-0.25, -0.2) is 4.79 Å². The minimum Gasteiger partial charge on any atom is -0.444 e. The number of carbonyl (C=O) groups is 1. The van der Waals surface area contributed by atoms with E-state index >= 15 is 0 Å². The Morgan fingerprint density at radius 2 is 1.96 bits per heavy atom. The van der Waals surface area contributed by atoms with Gasteiger partial charge in [0.25, 0.3) is 0 Å². The molecule has 0 N–H and O–H groups in total. The molecule has 1 saturated heterocycles. The molecule has 4 nitrogen and oxygen atoms in total. The fourth-order valence-corrected chi connectivity index (χ4v) is 3.59. The predicted molar refractivity (Wildman–Crippen MR) is 91.3 cm³/mol. The van der Waals surface area contributed by atoms with E-state index in [0.717, 1.165) is 30.9 Å². The number of fused-ring (bicyclic) bond motifs is 2. The van der Waals surface area contributed by atoms with Crippen LogP contribution in [0.1, 0.15) is 57.7 Å². The Labute approximate surface area is 151 Å². The van der Waals surface area contributed by atoms with Gasteiger partial charge in [0.05, 0.1) is 6.04 Å². The molecule has 1 aromatic heterocycles. The first-order valence-corrected chi connectivity index (χ1v) is 8.80. The number of aromatic nitrogens is 1. The average molecular weight is 368 g/mol. The number of rotatable bonds is 1. The first kappa shape index (κ1) is 18.7. The molecule has 0 radical (unpaired) electrons. The molecule has 3 rings (SSSR count). The van der Waals surface area contributed by atoms with Crippen molar-refractivity contribution in [1.29, 1.82) is 0 Å². The van der Waals surface area contributed by atoms with E-state index in [0.29, 0.717) is 12.0 Å². The molecule has 0 saturated carbocycles. The van der Waals surface area contributed by atoms with Gasteiger partial charge in [-0.1, -0.05) is 12.1 Å². The van der Waals surface area contributed by atoms with Crippen molar-refractivity contribution >= 4 is 11.7 Å². The number of pyridine rings is 1. The molecule has 2 bridgehead atoms. The van der Waals surface area contributed by atoms with Crippen molar-refractivity contribution in [3.63, 3.8) is 0 Å². The smallest absolute Gasteiger partial charge is 0.433 e. The van der Waals surface area contributed by atoms with Crippen LogP contribution in [0.25, 0.3) is 5.57 Å². The number of piperidine rings is 1. The van der Waals surface area contributed by atoms with Crippen LogP contribution in [0, 0.1) is 0 Å². The summed E-state index contributed by atoms with van der Waals surface area (Å²) in [7, 11) is 0. The van der Waals surface area contributed by atoms with Gasteiger partial charge in [0, 0.05) is 12.2 Å².